The normalized spacial score (nSPS) is 9.09. The predicted octanol–water partition coefficient (Wildman–Crippen LogP) is 1.18. The summed E-state index contributed by atoms with van der Waals surface area (Å²) in [6.07, 6.45) is 3.51. The minimum absolute atomic E-state index is 0.719. The van der Waals surface area contributed by atoms with E-state index in [1.807, 2.05) is 18.2 Å². The lowest BCUT2D eigenvalue weighted by Gasteiger charge is -2.03. The summed E-state index contributed by atoms with van der Waals surface area (Å²) in [4.78, 5) is 4.04. The van der Waals surface area contributed by atoms with Crippen LogP contribution in [0.4, 0.5) is 5.82 Å². The molecular formula is C8H11N3. The van der Waals surface area contributed by atoms with Gasteiger partial charge in [0.2, 0.25) is 0 Å². The molecule has 0 aliphatic heterocycles. The number of hydrogen-bond acceptors (Lipinski definition) is 3. The summed E-state index contributed by atoms with van der Waals surface area (Å²) in [6.45, 7) is 4.29. The first kappa shape index (κ1) is 7.75. The SMILES string of the molecule is C=CCNNc1ccccn1. The van der Waals surface area contributed by atoms with E-state index < -0.39 is 0 Å². The molecule has 3 nitrogen and oxygen atoms in total. The first-order valence-corrected chi connectivity index (χ1v) is 3.44. The van der Waals surface area contributed by atoms with Crippen molar-refractivity contribution in [3.05, 3.63) is 37.1 Å². The van der Waals surface area contributed by atoms with E-state index in [2.05, 4.69) is 22.4 Å². The van der Waals surface area contributed by atoms with Crippen LogP contribution in [0.25, 0.3) is 0 Å². The lowest BCUT2D eigenvalue weighted by Crippen LogP contribution is -2.21. The van der Waals surface area contributed by atoms with Crippen LogP contribution in [0, 0.1) is 0 Å². The maximum Gasteiger partial charge on any atom is 0.140 e. The van der Waals surface area contributed by atoms with E-state index in [4.69, 9.17) is 0 Å². The van der Waals surface area contributed by atoms with Gasteiger partial charge in [-0.2, -0.15) is 0 Å². The number of pyridine rings is 1. The van der Waals surface area contributed by atoms with Gasteiger partial charge in [0, 0.05) is 12.7 Å². The van der Waals surface area contributed by atoms with Crippen molar-refractivity contribution < 1.29 is 0 Å². The van der Waals surface area contributed by atoms with Gasteiger partial charge in [0.15, 0.2) is 0 Å². The molecule has 1 aromatic heterocycles. The van der Waals surface area contributed by atoms with Crippen molar-refractivity contribution in [2.24, 2.45) is 0 Å². The Bertz CT molecular complexity index is 208. The van der Waals surface area contributed by atoms with Crippen LogP contribution < -0.4 is 10.9 Å². The number of anilines is 1. The molecule has 0 spiro atoms. The van der Waals surface area contributed by atoms with Gasteiger partial charge >= 0.3 is 0 Å². The average molecular weight is 149 g/mol. The summed E-state index contributed by atoms with van der Waals surface area (Å²) in [5.74, 6) is 0.814. The van der Waals surface area contributed by atoms with Crippen molar-refractivity contribution in [3.63, 3.8) is 0 Å². The summed E-state index contributed by atoms with van der Waals surface area (Å²) in [5, 5.41) is 0. The highest BCUT2D eigenvalue weighted by atomic mass is 15.4. The van der Waals surface area contributed by atoms with E-state index in [1.54, 1.807) is 12.3 Å². The fourth-order valence-corrected chi connectivity index (χ4v) is 0.650. The van der Waals surface area contributed by atoms with Crippen LogP contribution in [0.1, 0.15) is 0 Å². The summed E-state index contributed by atoms with van der Waals surface area (Å²) in [6, 6.07) is 5.68. The lowest BCUT2D eigenvalue weighted by atomic mass is 10.5. The average Bonchev–Trinajstić information content (AvgIpc) is 2.07. The Morgan fingerprint density at radius 3 is 3.09 bits per heavy atom. The largest absolute Gasteiger partial charge is 0.306 e. The first-order chi connectivity index (χ1) is 5.43. The molecule has 58 valence electrons. The second kappa shape index (κ2) is 4.46. The van der Waals surface area contributed by atoms with Gasteiger partial charge in [0.25, 0.3) is 0 Å². The summed E-state index contributed by atoms with van der Waals surface area (Å²) >= 11 is 0. The molecule has 11 heavy (non-hydrogen) atoms. The molecule has 0 fully saturated rings. The molecule has 1 aromatic rings. The van der Waals surface area contributed by atoms with Gasteiger partial charge in [0.05, 0.1) is 0 Å². The summed E-state index contributed by atoms with van der Waals surface area (Å²) < 4.78 is 0. The number of aromatic nitrogens is 1. The molecule has 0 aliphatic carbocycles. The number of hydrogen-bond donors (Lipinski definition) is 2. The zero-order valence-electron chi connectivity index (χ0n) is 6.25. The number of rotatable bonds is 4. The molecule has 0 aliphatic rings. The predicted molar refractivity (Wildman–Crippen MR) is 46.1 cm³/mol. The Labute approximate surface area is 66.1 Å². The van der Waals surface area contributed by atoms with Gasteiger partial charge in [-0.1, -0.05) is 12.1 Å². The van der Waals surface area contributed by atoms with E-state index in [0.29, 0.717) is 0 Å². The Morgan fingerprint density at radius 1 is 1.55 bits per heavy atom. The zero-order valence-corrected chi connectivity index (χ0v) is 6.25. The van der Waals surface area contributed by atoms with E-state index >= 15 is 0 Å². The topological polar surface area (TPSA) is 37.0 Å². The van der Waals surface area contributed by atoms with E-state index in [-0.39, 0.29) is 0 Å². The van der Waals surface area contributed by atoms with Crippen LogP contribution in [0.3, 0.4) is 0 Å². The lowest BCUT2D eigenvalue weighted by molar-refractivity contribution is 0.885. The Morgan fingerprint density at radius 2 is 2.45 bits per heavy atom. The van der Waals surface area contributed by atoms with Gasteiger partial charge in [-0.25, -0.2) is 10.4 Å². The molecule has 0 amide bonds. The van der Waals surface area contributed by atoms with Gasteiger partial charge in [-0.3, -0.25) is 0 Å². The van der Waals surface area contributed by atoms with Crippen molar-refractivity contribution in [3.8, 4) is 0 Å². The molecule has 0 radical (unpaired) electrons. The van der Waals surface area contributed by atoms with Crippen LogP contribution in [0.15, 0.2) is 37.1 Å². The minimum Gasteiger partial charge on any atom is -0.306 e. The van der Waals surface area contributed by atoms with Gasteiger partial charge in [-0.15, -0.1) is 6.58 Å². The molecular weight excluding hydrogens is 138 g/mol. The van der Waals surface area contributed by atoms with Crippen molar-refractivity contribution in [1.82, 2.24) is 10.4 Å². The third-order valence-corrected chi connectivity index (χ3v) is 1.13. The molecule has 1 rings (SSSR count). The summed E-state index contributed by atoms with van der Waals surface area (Å²) in [7, 11) is 0. The Kier molecular flexibility index (Phi) is 3.15. The van der Waals surface area contributed by atoms with E-state index in [9.17, 15) is 0 Å². The molecule has 0 aromatic carbocycles. The summed E-state index contributed by atoms with van der Waals surface area (Å²) in [5.41, 5.74) is 5.83. The zero-order chi connectivity index (χ0) is 7.94. The van der Waals surface area contributed by atoms with Crippen LogP contribution in [-0.4, -0.2) is 11.5 Å². The second-order valence-corrected chi connectivity index (χ2v) is 2.01. The number of nitrogens with one attached hydrogen (secondary N) is 2. The number of nitrogens with zero attached hydrogens (tertiary/aromatic N) is 1. The highest BCUT2D eigenvalue weighted by molar-refractivity contribution is 5.31. The standard InChI is InChI=1S/C8H11N3/c1-2-6-10-11-8-5-3-4-7-9-8/h2-5,7,10H,1,6H2,(H,9,11). The van der Waals surface area contributed by atoms with Gasteiger partial charge < -0.3 is 5.43 Å². The quantitative estimate of drug-likeness (QED) is 0.383. The molecule has 0 saturated heterocycles. The maximum atomic E-state index is 4.04. The Balaban J connectivity index is 2.33. The third kappa shape index (κ3) is 2.82. The van der Waals surface area contributed by atoms with Crippen LogP contribution in [0.5, 0.6) is 0 Å². The fraction of sp³-hybridized carbons (Fsp3) is 0.125. The molecule has 1 heterocycles. The van der Waals surface area contributed by atoms with Crippen LogP contribution in [0.2, 0.25) is 0 Å². The van der Waals surface area contributed by atoms with Crippen molar-refractivity contribution in [2.45, 2.75) is 0 Å². The third-order valence-electron chi connectivity index (χ3n) is 1.13. The fourth-order valence-electron chi connectivity index (χ4n) is 0.650. The van der Waals surface area contributed by atoms with Crippen LogP contribution >= 0.6 is 0 Å². The van der Waals surface area contributed by atoms with E-state index in [0.717, 1.165) is 12.4 Å². The monoisotopic (exact) mass is 149 g/mol. The molecule has 0 saturated carbocycles. The van der Waals surface area contributed by atoms with Crippen molar-refractivity contribution in [1.29, 1.82) is 0 Å². The van der Waals surface area contributed by atoms with Gasteiger partial charge in [-0.05, 0) is 12.1 Å². The molecule has 0 unspecified atom stereocenters. The molecule has 0 bridgehead atoms. The smallest absolute Gasteiger partial charge is 0.140 e. The maximum absolute atomic E-state index is 4.04. The molecule has 0 atom stereocenters. The van der Waals surface area contributed by atoms with Crippen molar-refractivity contribution in [2.75, 3.05) is 12.0 Å². The van der Waals surface area contributed by atoms with Crippen LogP contribution in [-0.2, 0) is 0 Å². The Hall–Kier alpha value is -1.35. The number of hydrazine groups is 1. The first-order valence-electron chi connectivity index (χ1n) is 3.44. The highest BCUT2D eigenvalue weighted by Crippen LogP contribution is 1.95. The minimum atomic E-state index is 0.719. The second-order valence-electron chi connectivity index (χ2n) is 2.01. The molecule has 2 N–H and O–H groups in total. The highest BCUT2D eigenvalue weighted by Gasteiger charge is 1.85. The van der Waals surface area contributed by atoms with Gasteiger partial charge in [0.1, 0.15) is 5.82 Å². The van der Waals surface area contributed by atoms with E-state index in [1.165, 1.54) is 0 Å². The van der Waals surface area contributed by atoms with Crippen molar-refractivity contribution >= 4 is 5.82 Å². The molecule has 3 heteroatoms.